The number of aromatic nitrogens is 1. The fourth-order valence-corrected chi connectivity index (χ4v) is 8.88. The van der Waals surface area contributed by atoms with E-state index in [1.54, 1.807) is 5.56 Å². The molecule has 4 aliphatic rings. The van der Waals surface area contributed by atoms with Crippen LogP contribution in [0.4, 0.5) is 0 Å². The molecule has 0 amide bonds. The molecule has 1 N–H and O–H groups in total. The van der Waals surface area contributed by atoms with E-state index in [0.717, 1.165) is 66.5 Å². The van der Waals surface area contributed by atoms with Crippen LogP contribution in [0.3, 0.4) is 0 Å². The second-order valence-corrected chi connectivity index (χ2v) is 13.8. The van der Waals surface area contributed by atoms with Crippen LogP contribution in [0.25, 0.3) is 22.0 Å². The van der Waals surface area contributed by atoms with Crippen molar-refractivity contribution in [2.45, 2.75) is 105 Å². The van der Waals surface area contributed by atoms with Gasteiger partial charge in [0.05, 0.1) is 5.76 Å². The summed E-state index contributed by atoms with van der Waals surface area (Å²) in [7, 11) is 0. The smallest absolute Gasteiger partial charge is 0.162 e. The first kappa shape index (κ1) is 34.6. The molecule has 0 aliphatic heterocycles. The average molecular weight is 771 g/mol. The van der Waals surface area contributed by atoms with E-state index in [4.69, 9.17) is 4.98 Å². The molecule has 1 aromatic heterocycles. The second kappa shape index (κ2) is 15.3. The van der Waals surface area contributed by atoms with E-state index in [1.807, 2.05) is 33.9 Å². The summed E-state index contributed by atoms with van der Waals surface area (Å²) in [5.41, 5.74) is 6.26. The Labute approximate surface area is 279 Å². The zero-order valence-corrected chi connectivity index (χ0v) is 30.1. The van der Waals surface area contributed by atoms with Crippen LogP contribution in [0.2, 0.25) is 0 Å². The summed E-state index contributed by atoms with van der Waals surface area (Å²) < 4.78 is 0. The van der Waals surface area contributed by atoms with Gasteiger partial charge >= 0.3 is 0 Å². The van der Waals surface area contributed by atoms with Gasteiger partial charge in [-0.15, -0.1) is 34.9 Å². The number of rotatable bonds is 9. The van der Waals surface area contributed by atoms with Crippen molar-refractivity contribution in [2.24, 2.45) is 35.5 Å². The molecule has 2 aromatic carbocycles. The van der Waals surface area contributed by atoms with Crippen molar-refractivity contribution >= 4 is 16.6 Å². The number of hydrogen-bond donors (Lipinski definition) is 1. The van der Waals surface area contributed by atoms with Crippen LogP contribution in [0.15, 0.2) is 54.4 Å². The Kier molecular flexibility index (Phi) is 12.0. The van der Waals surface area contributed by atoms with Gasteiger partial charge in [0.25, 0.3) is 0 Å². The predicted octanol–water partition coefficient (Wildman–Crippen LogP) is 10.7. The van der Waals surface area contributed by atoms with Crippen LogP contribution >= 0.6 is 0 Å². The summed E-state index contributed by atoms with van der Waals surface area (Å²) in [6.07, 6.45) is 14.3. The molecule has 0 spiro atoms. The molecular formula is C40H52IrNO2-. The van der Waals surface area contributed by atoms with Crippen LogP contribution in [0, 0.1) is 55.4 Å². The number of nitrogens with zero attached hydrogens (tertiary/aromatic N) is 1. The third kappa shape index (κ3) is 7.56. The maximum absolute atomic E-state index is 11.7. The van der Waals surface area contributed by atoms with Crippen LogP contribution < -0.4 is 0 Å². The summed E-state index contributed by atoms with van der Waals surface area (Å²) in [6.45, 7) is 12.4. The molecule has 1 radical (unpaired) electrons. The third-order valence-electron chi connectivity index (χ3n) is 10.9. The van der Waals surface area contributed by atoms with E-state index < -0.39 is 0 Å². The van der Waals surface area contributed by atoms with Crippen molar-refractivity contribution in [1.82, 2.24) is 4.98 Å². The topological polar surface area (TPSA) is 50.2 Å². The fraction of sp³-hybridized carbons (Fsp3) is 0.550. The first-order chi connectivity index (χ1) is 20.7. The number of fused-ring (bicyclic) bond motifs is 1. The maximum atomic E-state index is 11.7. The van der Waals surface area contributed by atoms with Crippen LogP contribution in [0.5, 0.6) is 0 Å². The minimum Gasteiger partial charge on any atom is -0.512 e. The van der Waals surface area contributed by atoms with Crippen LogP contribution in [-0.2, 0) is 24.9 Å². The standard InChI is InChI=1S/C27H28N.C13H24O2.Ir/c1-16-7-17(2)9-24(8-16)27-25-15-21(4-3-20(25)5-6-28-27)26-22-11-18-10-19(13-22)14-23(26)12-18;1-5-10(6-2)12(14)9-13(15)11(7-3)8-4;/h3-8,15,18-19,22-23,26H,10-14H2,1-2H3;9-11,14H,5-8H2,1-4H3;/q-1;;/b;12-9-;. The Morgan fingerprint density at radius 2 is 1.50 bits per heavy atom. The third-order valence-corrected chi connectivity index (χ3v) is 10.9. The predicted molar refractivity (Wildman–Crippen MR) is 179 cm³/mol. The number of carbonyl (C=O) groups is 1. The molecule has 4 aliphatic carbocycles. The Balaban J connectivity index is 0.000000239. The molecule has 4 fully saturated rings. The van der Waals surface area contributed by atoms with Gasteiger partial charge < -0.3 is 10.1 Å². The van der Waals surface area contributed by atoms with Gasteiger partial charge in [0.15, 0.2) is 5.78 Å². The number of aliphatic hydroxyl groups is 1. The number of aliphatic hydroxyl groups excluding tert-OH is 1. The Morgan fingerprint density at radius 3 is 2.07 bits per heavy atom. The zero-order valence-electron chi connectivity index (χ0n) is 27.7. The van der Waals surface area contributed by atoms with E-state index >= 15 is 0 Å². The molecular weight excluding hydrogens is 719 g/mol. The van der Waals surface area contributed by atoms with E-state index in [-0.39, 0.29) is 43.5 Å². The number of hydrogen-bond acceptors (Lipinski definition) is 3. The molecule has 0 atom stereocenters. The van der Waals surface area contributed by atoms with Gasteiger partial charge in [0, 0.05) is 44.2 Å². The Bertz CT molecular complexity index is 1400. The van der Waals surface area contributed by atoms with E-state index in [0.29, 0.717) is 0 Å². The molecule has 239 valence electrons. The van der Waals surface area contributed by atoms with Crippen molar-refractivity contribution < 1.29 is 30.0 Å². The monoisotopic (exact) mass is 771 g/mol. The van der Waals surface area contributed by atoms with Crippen molar-refractivity contribution in [3.8, 4) is 11.3 Å². The molecule has 44 heavy (non-hydrogen) atoms. The Hall–Kier alpha value is -2.29. The molecule has 0 unspecified atom stereocenters. The number of ketones is 1. The molecule has 3 nitrogen and oxygen atoms in total. The molecule has 0 saturated heterocycles. The summed E-state index contributed by atoms with van der Waals surface area (Å²) in [5, 5.41) is 12.4. The van der Waals surface area contributed by atoms with Crippen molar-refractivity contribution in [1.29, 1.82) is 0 Å². The van der Waals surface area contributed by atoms with Gasteiger partial charge in [-0.1, -0.05) is 59.7 Å². The van der Waals surface area contributed by atoms with E-state index in [2.05, 4.69) is 56.3 Å². The molecule has 4 heteroatoms. The average Bonchev–Trinajstić information content (AvgIpc) is 2.97. The second-order valence-electron chi connectivity index (χ2n) is 13.8. The molecule has 7 rings (SSSR count). The van der Waals surface area contributed by atoms with Crippen molar-refractivity contribution in [3.05, 3.63) is 77.2 Å². The molecule has 4 saturated carbocycles. The van der Waals surface area contributed by atoms with E-state index in [1.165, 1.54) is 60.1 Å². The maximum Gasteiger partial charge on any atom is 0.162 e. The van der Waals surface area contributed by atoms with Gasteiger partial charge in [0.2, 0.25) is 0 Å². The SMILES string of the molecule is CCC(CC)C(=O)/C=C(\O)C(CC)CC.Cc1[c-]c(-c2nccc3ccc(C4C5CC6CC(C5)CC4C6)cc23)cc(C)c1.[Ir]. The van der Waals surface area contributed by atoms with Crippen molar-refractivity contribution in [3.63, 3.8) is 0 Å². The van der Waals surface area contributed by atoms with Gasteiger partial charge in [0.1, 0.15) is 0 Å². The van der Waals surface area contributed by atoms with Crippen molar-refractivity contribution in [2.75, 3.05) is 0 Å². The van der Waals surface area contributed by atoms with Gasteiger partial charge in [-0.2, -0.15) is 0 Å². The minimum absolute atomic E-state index is 0. The summed E-state index contributed by atoms with van der Waals surface area (Å²) >= 11 is 0. The number of allylic oxidation sites excluding steroid dienone is 2. The fourth-order valence-electron chi connectivity index (χ4n) is 8.88. The van der Waals surface area contributed by atoms with Gasteiger partial charge in [-0.05, 0) is 115 Å². The van der Waals surface area contributed by atoms with Gasteiger partial charge in [-0.25, -0.2) is 0 Å². The van der Waals surface area contributed by atoms with Gasteiger partial charge in [-0.3, -0.25) is 4.79 Å². The number of aryl methyl sites for hydroxylation is 2. The minimum atomic E-state index is 0. The molecule has 1 heterocycles. The largest absolute Gasteiger partial charge is 0.512 e. The summed E-state index contributed by atoms with van der Waals surface area (Å²) in [6, 6.07) is 17.4. The van der Waals surface area contributed by atoms with Crippen LogP contribution in [-0.4, -0.2) is 15.9 Å². The Morgan fingerprint density at radius 1 is 0.886 bits per heavy atom. The normalized spacial score (nSPS) is 23.9. The number of pyridine rings is 1. The van der Waals surface area contributed by atoms with E-state index in [9.17, 15) is 9.90 Å². The zero-order chi connectivity index (χ0) is 30.7. The molecule has 3 aromatic rings. The summed E-state index contributed by atoms with van der Waals surface area (Å²) in [4.78, 5) is 16.5. The number of carbonyl (C=O) groups excluding carboxylic acids is 1. The first-order valence-electron chi connectivity index (χ1n) is 17.1. The quantitative estimate of drug-likeness (QED) is 0.134. The number of benzene rings is 2. The van der Waals surface area contributed by atoms with Crippen LogP contribution in [0.1, 0.15) is 108 Å². The molecule has 4 bridgehead atoms. The summed E-state index contributed by atoms with van der Waals surface area (Å²) in [5.74, 6) is 5.21. The first-order valence-corrected chi connectivity index (χ1v) is 17.1.